The van der Waals surface area contributed by atoms with Crippen molar-refractivity contribution >= 4 is 17.2 Å². The Balaban J connectivity index is 1.94. The maximum absolute atomic E-state index is 6.03. The lowest BCUT2D eigenvalue weighted by molar-refractivity contribution is 0.0627. The smallest absolute Gasteiger partial charge is 0.156 e. The van der Waals surface area contributed by atoms with E-state index in [1.54, 1.807) is 0 Å². The lowest BCUT2D eigenvalue weighted by atomic mass is 10.1. The van der Waals surface area contributed by atoms with E-state index in [0.717, 1.165) is 50.0 Å². The molecule has 3 rings (SSSR count). The molecular weight excluding hydrogens is 242 g/mol. The van der Waals surface area contributed by atoms with Crippen LogP contribution in [0.2, 0.25) is 0 Å². The van der Waals surface area contributed by atoms with Gasteiger partial charge in [-0.25, -0.2) is 4.99 Å². The number of hydrogen-bond donors (Lipinski definition) is 1. The van der Waals surface area contributed by atoms with Gasteiger partial charge in [-0.15, -0.1) is 0 Å². The summed E-state index contributed by atoms with van der Waals surface area (Å²) in [6.07, 6.45) is 0.900. The second kappa shape index (κ2) is 5.09. The summed E-state index contributed by atoms with van der Waals surface area (Å²) < 4.78 is 11.4. The Bertz CT molecular complexity index is 495. The first kappa shape index (κ1) is 12.3. The van der Waals surface area contributed by atoms with Crippen LogP contribution >= 0.6 is 0 Å². The fraction of sp³-hybridized carbons (Fsp3) is 0.500. The van der Waals surface area contributed by atoms with Crippen LogP contribution < -0.4 is 10.5 Å². The van der Waals surface area contributed by atoms with Gasteiger partial charge in [0.15, 0.2) is 6.10 Å². The molecule has 0 radical (unpaired) electrons. The van der Waals surface area contributed by atoms with E-state index in [2.05, 4.69) is 11.8 Å². The normalized spacial score (nSPS) is 22.5. The lowest BCUT2D eigenvalue weighted by Crippen LogP contribution is -2.48. The van der Waals surface area contributed by atoms with Gasteiger partial charge in [0.25, 0.3) is 0 Å². The molecule has 0 saturated carbocycles. The Morgan fingerprint density at radius 3 is 2.89 bits per heavy atom. The minimum absolute atomic E-state index is 0.00685. The number of benzene rings is 1. The van der Waals surface area contributed by atoms with Gasteiger partial charge in [0.1, 0.15) is 17.3 Å². The third kappa shape index (κ3) is 2.38. The van der Waals surface area contributed by atoms with E-state index < -0.39 is 0 Å². The van der Waals surface area contributed by atoms with Crippen LogP contribution in [0.3, 0.4) is 0 Å². The van der Waals surface area contributed by atoms with Gasteiger partial charge in [0, 0.05) is 24.8 Å². The predicted molar refractivity (Wildman–Crippen MR) is 75.0 cm³/mol. The summed E-state index contributed by atoms with van der Waals surface area (Å²) >= 11 is 0. The summed E-state index contributed by atoms with van der Waals surface area (Å²) in [6.45, 7) is 5.37. The zero-order chi connectivity index (χ0) is 13.2. The van der Waals surface area contributed by atoms with Crippen molar-refractivity contribution in [1.82, 2.24) is 4.90 Å². The molecule has 2 aliphatic heterocycles. The number of anilines is 1. The molecule has 2 N–H and O–H groups in total. The Morgan fingerprint density at radius 1 is 1.37 bits per heavy atom. The molecule has 0 aliphatic carbocycles. The van der Waals surface area contributed by atoms with Crippen molar-refractivity contribution in [1.29, 1.82) is 0 Å². The Hall–Kier alpha value is -1.75. The molecule has 102 valence electrons. The van der Waals surface area contributed by atoms with E-state index in [0.29, 0.717) is 5.69 Å². The van der Waals surface area contributed by atoms with Crippen LogP contribution in [0, 0.1) is 0 Å². The maximum atomic E-state index is 6.03. The monoisotopic (exact) mass is 261 g/mol. The van der Waals surface area contributed by atoms with Gasteiger partial charge in [-0.1, -0.05) is 6.92 Å². The molecule has 1 saturated heterocycles. The van der Waals surface area contributed by atoms with Crippen molar-refractivity contribution in [2.45, 2.75) is 19.4 Å². The summed E-state index contributed by atoms with van der Waals surface area (Å²) in [4.78, 5) is 7.03. The number of nitrogen functional groups attached to an aromatic ring is 1. The third-order valence-electron chi connectivity index (χ3n) is 3.48. The summed E-state index contributed by atoms with van der Waals surface area (Å²) in [7, 11) is 0. The van der Waals surface area contributed by atoms with E-state index in [9.17, 15) is 0 Å². The molecule has 5 nitrogen and oxygen atoms in total. The average Bonchev–Trinajstić information content (AvgIpc) is 2.46. The number of hydrogen-bond acceptors (Lipinski definition) is 5. The Kier molecular flexibility index (Phi) is 3.29. The molecule has 19 heavy (non-hydrogen) atoms. The summed E-state index contributed by atoms with van der Waals surface area (Å²) in [5.41, 5.74) is 7.36. The quantitative estimate of drug-likeness (QED) is 0.783. The maximum Gasteiger partial charge on any atom is 0.156 e. The molecule has 2 aliphatic rings. The number of rotatable bonds is 1. The van der Waals surface area contributed by atoms with Crippen LogP contribution in [0.15, 0.2) is 23.2 Å². The van der Waals surface area contributed by atoms with Gasteiger partial charge in [-0.3, -0.25) is 0 Å². The largest absolute Gasteiger partial charge is 0.480 e. The molecule has 1 unspecified atom stereocenters. The first-order valence-electron chi connectivity index (χ1n) is 6.75. The standard InChI is InChI=1S/C14H19N3O2/c1-2-12-14(17-5-7-18-8-6-17)16-11-4-3-10(15)9-13(11)19-12/h3-4,9,12H,2,5-8,15H2,1H3. The van der Waals surface area contributed by atoms with Gasteiger partial charge in [0.05, 0.1) is 13.2 Å². The zero-order valence-electron chi connectivity index (χ0n) is 11.1. The highest BCUT2D eigenvalue weighted by molar-refractivity contribution is 5.91. The summed E-state index contributed by atoms with van der Waals surface area (Å²) in [6, 6.07) is 5.61. The number of nitrogens with zero attached hydrogens (tertiary/aromatic N) is 2. The molecule has 2 heterocycles. The molecule has 0 amide bonds. The highest BCUT2D eigenvalue weighted by atomic mass is 16.5. The van der Waals surface area contributed by atoms with Crippen LogP contribution in [-0.4, -0.2) is 43.1 Å². The molecule has 1 atom stereocenters. The Labute approximate surface area is 113 Å². The number of aliphatic imine (C=N–C) groups is 1. The van der Waals surface area contributed by atoms with Crippen LogP contribution in [0.5, 0.6) is 5.75 Å². The van der Waals surface area contributed by atoms with Crippen molar-refractivity contribution in [2.75, 3.05) is 32.0 Å². The van der Waals surface area contributed by atoms with E-state index in [4.69, 9.17) is 20.2 Å². The fourth-order valence-electron chi connectivity index (χ4n) is 2.45. The molecule has 1 fully saturated rings. The van der Waals surface area contributed by atoms with E-state index in [1.807, 2.05) is 18.2 Å². The van der Waals surface area contributed by atoms with Crippen LogP contribution in [-0.2, 0) is 4.74 Å². The van der Waals surface area contributed by atoms with Crippen molar-refractivity contribution in [3.8, 4) is 5.75 Å². The molecule has 1 aromatic rings. The minimum atomic E-state index is 0.00685. The van der Waals surface area contributed by atoms with Gasteiger partial charge >= 0.3 is 0 Å². The zero-order valence-corrected chi connectivity index (χ0v) is 11.1. The second-order valence-corrected chi connectivity index (χ2v) is 4.81. The number of ether oxygens (including phenoxy) is 2. The van der Waals surface area contributed by atoms with Gasteiger partial charge < -0.3 is 20.1 Å². The SMILES string of the molecule is CCC1Oc2cc(N)ccc2N=C1N1CCOCC1. The topological polar surface area (TPSA) is 60.1 Å². The van der Waals surface area contributed by atoms with Gasteiger partial charge in [0.2, 0.25) is 0 Å². The van der Waals surface area contributed by atoms with Crippen molar-refractivity contribution in [2.24, 2.45) is 4.99 Å². The van der Waals surface area contributed by atoms with Gasteiger partial charge in [-0.05, 0) is 18.6 Å². The van der Waals surface area contributed by atoms with Gasteiger partial charge in [-0.2, -0.15) is 0 Å². The average molecular weight is 261 g/mol. The molecule has 0 spiro atoms. The van der Waals surface area contributed by atoms with E-state index in [-0.39, 0.29) is 6.10 Å². The first-order chi connectivity index (χ1) is 9.28. The highest BCUT2D eigenvalue weighted by Gasteiger charge is 2.28. The first-order valence-corrected chi connectivity index (χ1v) is 6.75. The highest BCUT2D eigenvalue weighted by Crippen LogP contribution is 2.35. The van der Waals surface area contributed by atoms with Crippen molar-refractivity contribution < 1.29 is 9.47 Å². The lowest BCUT2D eigenvalue weighted by Gasteiger charge is -2.35. The molecule has 5 heteroatoms. The van der Waals surface area contributed by atoms with Crippen molar-refractivity contribution in [3.05, 3.63) is 18.2 Å². The number of fused-ring (bicyclic) bond motifs is 1. The fourth-order valence-corrected chi connectivity index (χ4v) is 2.45. The van der Waals surface area contributed by atoms with Crippen LogP contribution in [0.4, 0.5) is 11.4 Å². The predicted octanol–water partition coefficient (Wildman–Crippen LogP) is 1.80. The third-order valence-corrected chi connectivity index (χ3v) is 3.48. The van der Waals surface area contributed by atoms with E-state index in [1.165, 1.54) is 0 Å². The number of morpholine rings is 1. The summed E-state index contributed by atoms with van der Waals surface area (Å²) in [5, 5.41) is 0. The Morgan fingerprint density at radius 2 is 2.16 bits per heavy atom. The molecule has 1 aromatic carbocycles. The van der Waals surface area contributed by atoms with Crippen LogP contribution in [0.25, 0.3) is 0 Å². The molecule has 0 aromatic heterocycles. The number of nitrogens with two attached hydrogens (primary N) is 1. The molecular formula is C14H19N3O2. The van der Waals surface area contributed by atoms with Crippen LogP contribution in [0.1, 0.15) is 13.3 Å². The summed E-state index contributed by atoms with van der Waals surface area (Å²) in [5.74, 6) is 1.80. The minimum Gasteiger partial charge on any atom is -0.480 e. The van der Waals surface area contributed by atoms with Crippen molar-refractivity contribution in [3.63, 3.8) is 0 Å². The number of amidine groups is 1. The second-order valence-electron chi connectivity index (χ2n) is 4.81. The molecule has 0 bridgehead atoms. The van der Waals surface area contributed by atoms with E-state index >= 15 is 0 Å².